The largest absolute Gasteiger partial charge is 0.493 e. The van der Waals surface area contributed by atoms with Gasteiger partial charge in [0.15, 0.2) is 29.2 Å². The second-order valence-electron chi connectivity index (χ2n) is 7.83. The van der Waals surface area contributed by atoms with Gasteiger partial charge in [-0.05, 0) is 28.8 Å². The number of hydrogen-bond acceptors (Lipinski definition) is 7. The predicted octanol–water partition coefficient (Wildman–Crippen LogP) is 4.74. The molecule has 1 heterocycles. The lowest BCUT2D eigenvalue weighted by atomic mass is 9.87. The summed E-state index contributed by atoms with van der Waals surface area (Å²) < 4.78 is 28.0. The topological polar surface area (TPSA) is 69.6 Å². The van der Waals surface area contributed by atoms with Gasteiger partial charge in [0.1, 0.15) is 6.61 Å². The van der Waals surface area contributed by atoms with E-state index >= 15 is 0 Å². The molecule has 1 aliphatic heterocycles. The highest BCUT2D eigenvalue weighted by atomic mass is 16.5. The summed E-state index contributed by atoms with van der Waals surface area (Å²) in [6, 6.07) is 19.0. The minimum absolute atomic E-state index is 0.275. The third-order valence-corrected chi connectivity index (χ3v) is 5.91. The Morgan fingerprint density at radius 3 is 2.03 bits per heavy atom. The Hall–Kier alpha value is -3.84. The number of hydrogen-bond donors (Lipinski definition) is 1. The summed E-state index contributed by atoms with van der Waals surface area (Å²) in [5.41, 5.74) is 3.35. The van der Waals surface area contributed by atoms with E-state index in [0.29, 0.717) is 46.6 Å². The Labute approximate surface area is 199 Å². The average molecular weight is 464 g/mol. The van der Waals surface area contributed by atoms with Gasteiger partial charge in [0, 0.05) is 17.8 Å². The van der Waals surface area contributed by atoms with Gasteiger partial charge in [0.2, 0.25) is 5.75 Å². The van der Waals surface area contributed by atoms with Crippen molar-refractivity contribution in [2.75, 3.05) is 33.3 Å². The van der Waals surface area contributed by atoms with Crippen LogP contribution in [-0.2, 0) is 6.61 Å². The van der Waals surface area contributed by atoms with Crippen LogP contribution in [0.25, 0.3) is 0 Å². The van der Waals surface area contributed by atoms with Crippen LogP contribution in [0.1, 0.15) is 17.2 Å². The van der Waals surface area contributed by atoms with Gasteiger partial charge in [-0.15, -0.1) is 0 Å². The molecule has 1 saturated heterocycles. The Kier molecular flexibility index (Phi) is 6.84. The lowest BCUT2D eigenvalue weighted by Gasteiger charge is -2.49. The summed E-state index contributed by atoms with van der Waals surface area (Å²) >= 11 is 0. The second kappa shape index (κ2) is 9.97. The fourth-order valence-corrected chi connectivity index (χ4v) is 4.15. The first kappa shape index (κ1) is 23.3. The van der Waals surface area contributed by atoms with E-state index in [9.17, 15) is 5.11 Å². The van der Waals surface area contributed by atoms with Crippen molar-refractivity contribution in [1.29, 1.82) is 0 Å². The molecule has 4 rings (SSSR count). The zero-order valence-electron chi connectivity index (χ0n) is 19.8. The molecule has 2 atom stereocenters. The third kappa shape index (κ3) is 4.22. The Morgan fingerprint density at radius 1 is 0.794 bits per heavy atom. The number of anilines is 1. The molecule has 1 fully saturated rings. The molecule has 0 spiro atoms. The molecule has 34 heavy (non-hydrogen) atoms. The smallest absolute Gasteiger partial charge is 0.203 e. The van der Waals surface area contributed by atoms with Crippen LogP contribution < -0.4 is 28.6 Å². The van der Waals surface area contributed by atoms with Crippen LogP contribution in [0, 0.1) is 0 Å². The fourth-order valence-electron chi connectivity index (χ4n) is 4.15. The van der Waals surface area contributed by atoms with Gasteiger partial charge < -0.3 is 33.7 Å². The Morgan fingerprint density at radius 2 is 1.44 bits per heavy atom. The van der Waals surface area contributed by atoms with Crippen LogP contribution in [0.5, 0.6) is 28.7 Å². The second-order valence-corrected chi connectivity index (χ2v) is 7.83. The fraction of sp³-hybridized carbons (Fsp3) is 0.259. The van der Waals surface area contributed by atoms with Crippen LogP contribution in [-0.4, -0.2) is 39.8 Å². The van der Waals surface area contributed by atoms with Crippen molar-refractivity contribution in [3.05, 3.63) is 83.9 Å². The molecule has 1 unspecified atom stereocenters. The highest BCUT2D eigenvalue weighted by Crippen LogP contribution is 2.50. The number of aliphatic hydroxyl groups is 1. The molecular formula is C27H29NO6. The Bertz CT molecular complexity index is 1140. The minimum Gasteiger partial charge on any atom is -0.493 e. The number of nitrogens with zero attached hydrogens (tertiary/aromatic N) is 1. The summed E-state index contributed by atoms with van der Waals surface area (Å²) in [5.74, 6) is 2.73. The standard InChI is InChI=1S/C27H29NO6/c1-17-25(28(27(17)29)20-14-23(31-3)26(33-5)24(15-20)32-4)19-11-12-21(30-2)22(13-19)34-16-18-9-7-6-8-10-18/h6-15,25,27,29H,1,16H2,2-5H3/t25?,27-/m0/s1. The van der Waals surface area contributed by atoms with Crippen molar-refractivity contribution in [1.82, 2.24) is 0 Å². The zero-order valence-corrected chi connectivity index (χ0v) is 19.8. The molecule has 0 saturated carbocycles. The molecule has 1 aliphatic rings. The van der Waals surface area contributed by atoms with E-state index in [0.717, 1.165) is 11.1 Å². The van der Waals surface area contributed by atoms with Gasteiger partial charge in [0.25, 0.3) is 0 Å². The van der Waals surface area contributed by atoms with Crippen molar-refractivity contribution >= 4 is 5.69 Å². The summed E-state index contributed by atoms with van der Waals surface area (Å²) in [5, 5.41) is 10.8. The van der Waals surface area contributed by atoms with E-state index in [1.54, 1.807) is 40.6 Å². The van der Waals surface area contributed by atoms with E-state index in [-0.39, 0.29) is 6.04 Å². The molecule has 7 heteroatoms. The van der Waals surface area contributed by atoms with Gasteiger partial charge in [-0.25, -0.2) is 0 Å². The van der Waals surface area contributed by atoms with Crippen LogP contribution in [0.3, 0.4) is 0 Å². The molecule has 3 aromatic rings. The lowest BCUT2D eigenvalue weighted by Crippen LogP contribution is -2.52. The van der Waals surface area contributed by atoms with Gasteiger partial charge in [0.05, 0.1) is 34.5 Å². The monoisotopic (exact) mass is 463 g/mol. The van der Waals surface area contributed by atoms with Crippen LogP contribution in [0.2, 0.25) is 0 Å². The zero-order chi connectivity index (χ0) is 24.2. The van der Waals surface area contributed by atoms with E-state index in [1.807, 2.05) is 53.4 Å². The third-order valence-electron chi connectivity index (χ3n) is 5.91. The van der Waals surface area contributed by atoms with Gasteiger partial charge in [-0.2, -0.15) is 0 Å². The first-order valence-electron chi connectivity index (χ1n) is 10.8. The summed E-state index contributed by atoms with van der Waals surface area (Å²) in [7, 11) is 6.28. The SMILES string of the molecule is C=C1C(c2ccc(OC)c(OCc3ccccc3)c2)N(c2cc(OC)c(OC)c(OC)c2)[C@H]1O. The van der Waals surface area contributed by atoms with Crippen molar-refractivity contribution in [2.45, 2.75) is 18.9 Å². The van der Waals surface area contributed by atoms with Crippen molar-refractivity contribution < 1.29 is 28.8 Å². The van der Waals surface area contributed by atoms with Crippen LogP contribution >= 0.6 is 0 Å². The summed E-state index contributed by atoms with van der Waals surface area (Å²) in [6.07, 6.45) is -0.858. The van der Waals surface area contributed by atoms with E-state index < -0.39 is 6.23 Å². The van der Waals surface area contributed by atoms with E-state index in [1.165, 1.54) is 0 Å². The first-order chi connectivity index (χ1) is 16.5. The maximum absolute atomic E-state index is 10.8. The maximum atomic E-state index is 10.8. The van der Waals surface area contributed by atoms with Crippen LogP contribution in [0.4, 0.5) is 5.69 Å². The number of benzene rings is 3. The van der Waals surface area contributed by atoms with Crippen molar-refractivity contribution in [2.24, 2.45) is 0 Å². The molecule has 3 aromatic carbocycles. The van der Waals surface area contributed by atoms with Crippen molar-refractivity contribution in [3.63, 3.8) is 0 Å². The number of methoxy groups -OCH3 is 4. The summed E-state index contributed by atoms with van der Waals surface area (Å²) in [6.45, 7) is 4.52. The number of aliphatic hydroxyl groups excluding tert-OH is 1. The molecule has 0 amide bonds. The first-order valence-corrected chi connectivity index (χ1v) is 10.8. The highest BCUT2D eigenvalue weighted by molar-refractivity contribution is 5.68. The molecule has 178 valence electrons. The normalized spacial score (nSPS) is 17.1. The molecule has 7 nitrogen and oxygen atoms in total. The lowest BCUT2D eigenvalue weighted by molar-refractivity contribution is 0.144. The molecular weight excluding hydrogens is 434 g/mol. The van der Waals surface area contributed by atoms with E-state index in [4.69, 9.17) is 23.7 Å². The van der Waals surface area contributed by atoms with Crippen molar-refractivity contribution in [3.8, 4) is 28.7 Å². The van der Waals surface area contributed by atoms with Gasteiger partial charge in [-0.1, -0.05) is 43.0 Å². The molecule has 0 bridgehead atoms. The minimum atomic E-state index is -0.858. The molecule has 0 aliphatic carbocycles. The Balaban J connectivity index is 1.67. The molecule has 0 aromatic heterocycles. The number of rotatable bonds is 9. The quantitative estimate of drug-likeness (QED) is 0.460. The predicted molar refractivity (Wildman–Crippen MR) is 130 cm³/mol. The maximum Gasteiger partial charge on any atom is 0.203 e. The van der Waals surface area contributed by atoms with Gasteiger partial charge >= 0.3 is 0 Å². The average Bonchev–Trinajstić information content (AvgIpc) is 2.89. The van der Waals surface area contributed by atoms with E-state index in [2.05, 4.69) is 6.58 Å². The highest BCUT2D eigenvalue weighted by Gasteiger charge is 2.43. The van der Waals surface area contributed by atoms with Crippen LogP contribution in [0.15, 0.2) is 72.8 Å². The van der Waals surface area contributed by atoms with Gasteiger partial charge in [-0.3, -0.25) is 0 Å². The number of ether oxygens (including phenoxy) is 5. The summed E-state index contributed by atoms with van der Waals surface area (Å²) in [4.78, 5) is 1.84. The molecule has 0 radical (unpaired) electrons. The molecule has 1 N–H and O–H groups in total.